The molecule has 0 bridgehead atoms. The molecule has 0 aliphatic carbocycles. The third-order valence-electron chi connectivity index (χ3n) is 6.47. The standard InChI is InChI=1S/C22H22ClF7N4O/c23-14-2-1-13(16(24)9-14)10-34-17-11-33(6-4-15(17)20(32-34)22(28,29)30)19(35)8-12-3-5-31-18(7-12)21(25,26)27/h1-2,9,12,18,31H,3-8,10-11H2. The van der Waals surface area contributed by atoms with E-state index in [2.05, 4.69) is 10.4 Å². The van der Waals surface area contributed by atoms with Crippen LogP contribution in [0.2, 0.25) is 5.02 Å². The summed E-state index contributed by atoms with van der Waals surface area (Å²) in [4.78, 5) is 14.2. The van der Waals surface area contributed by atoms with Gasteiger partial charge in [-0.15, -0.1) is 0 Å². The quantitative estimate of drug-likeness (QED) is 0.574. The first-order chi connectivity index (χ1) is 16.3. The summed E-state index contributed by atoms with van der Waals surface area (Å²) in [5, 5.41) is 6.22. The Labute approximate surface area is 201 Å². The second-order valence-electron chi connectivity index (χ2n) is 8.87. The summed E-state index contributed by atoms with van der Waals surface area (Å²) in [6.07, 6.45) is -9.24. The van der Waals surface area contributed by atoms with Crippen molar-refractivity contribution in [2.45, 2.75) is 57.2 Å². The third kappa shape index (κ3) is 5.74. The molecule has 0 saturated carbocycles. The third-order valence-corrected chi connectivity index (χ3v) is 6.70. The Hall–Kier alpha value is -2.34. The lowest BCUT2D eigenvalue weighted by atomic mass is 9.88. The summed E-state index contributed by atoms with van der Waals surface area (Å²) in [5.74, 6) is -1.62. The fourth-order valence-corrected chi connectivity index (χ4v) is 4.83. The fourth-order valence-electron chi connectivity index (χ4n) is 4.67. The van der Waals surface area contributed by atoms with Gasteiger partial charge in [-0.3, -0.25) is 9.48 Å². The molecule has 2 aliphatic rings. The minimum absolute atomic E-state index is 0.0103. The minimum atomic E-state index is -4.73. The van der Waals surface area contributed by atoms with E-state index in [0.29, 0.717) is 6.42 Å². The molecule has 1 aromatic carbocycles. The van der Waals surface area contributed by atoms with Crippen molar-refractivity contribution in [2.75, 3.05) is 13.1 Å². The van der Waals surface area contributed by atoms with Crippen molar-refractivity contribution in [1.82, 2.24) is 20.0 Å². The van der Waals surface area contributed by atoms with Gasteiger partial charge in [0, 0.05) is 29.1 Å². The number of halogens is 8. The average Bonchev–Trinajstić information content (AvgIpc) is 3.13. The average molecular weight is 527 g/mol. The van der Waals surface area contributed by atoms with Gasteiger partial charge in [0.1, 0.15) is 11.9 Å². The number of rotatable bonds is 4. The Morgan fingerprint density at radius 2 is 1.94 bits per heavy atom. The molecule has 35 heavy (non-hydrogen) atoms. The van der Waals surface area contributed by atoms with E-state index in [0.717, 1.165) is 10.7 Å². The van der Waals surface area contributed by atoms with E-state index in [1.54, 1.807) is 0 Å². The van der Waals surface area contributed by atoms with Crippen LogP contribution in [0.5, 0.6) is 0 Å². The summed E-state index contributed by atoms with van der Waals surface area (Å²) in [6.45, 7) is -0.380. The number of nitrogens with one attached hydrogen (secondary N) is 1. The predicted molar refractivity (Wildman–Crippen MR) is 112 cm³/mol. The summed E-state index contributed by atoms with van der Waals surface area (Å²) in [6, 6.07) is 2.11. The van der Waals surface area contributed by atoms with Gasteiger partial charge in [0.05, 0.1) is 18.8 Å². The Morgan fingerprint density at radius 1 is 1.20 bits per heavy atom. The zero-order valence-electron chi connectivity index (χ0n) is 18.3. The maximum atomic E-state index is 14.3. The molecule has 192 valence electrons. The molecule has 2 unspecified atom stereocenters. The van der Waals surface area contributed by atoms with Gasteiger partial charge in [-0.1, -0.05) is 17.7 Å². The van der Waals surface area contributed by atoms with Crippen LogP contribution < -0.4 is 5.32 Å². The highest BCUT2D eigenvalue weighted by Crippen LogP contribution is 2.36. The van der Waals surface area contributed by atoms with Crippen molar-refractivity contribution in [3.05, 3.63) is 51.6 Å². The molecule has 3 heterocycles. The number of hydrogen-bond donors (Lipinski definition) is 1. The molecule has 5 nitrogen and oxygen atoms in total. The van der Waals surface area contributed by atoms with Gasteiger partial charge in [-0.05, 0) is 43.9 Å². The van der Waals surface area contributed by atoms with E-state index in [1.807, 2.05) is 0 Å². The Kier molecular flexibility index (Phi) is 7.07. The highest BCUT2D eigenvalue weighted by Gasteiger charge is 2.44. The molecular weight excluding hydrogens is 505 g/mol. The van der Waals surface area contributed by atoms with E-state index < -0.39 is 41.7 Å². The van der Waals surface area contributed by atoms with Gasteiger partial charge < -0.3 is 10.2 Å². The number of carbonyl (C=O) groups is 1. The molecular formula is C22H22ClF7N4O. The van der Waals surface area contributed by atoms with Crippen molar-refractivity contribution < 1.29 is 35.5 Å². The molecule has 0 radical (unpaired) electrons. The molecule has 1 aromatic heterocycles. The van der Waals surface area contributed by atoms with Gasteiger partial charge in [0.2, 0.25) is 5.91 Å². The van der Waals surface area contributed by atoms with E-state index in [-0.39, 0.29) is 67.3 Å². The second kappa shape index (κ2) is 9.61. The van der Waals surface area contributed by atoms with Crippen LogP contribution in [0.3, 0.4) is 0 Å². The van der Waals surface area contributed by atoms with Crippen LogP contribution >= 0.6 is 11.6 Å². The largest absolute Gasteiger partial charge is 0.435 e. The molecule has 1 amide bonds. The summed E-state index contributed by atoms with van der Waals surface area (Å²) >= 11 is 5.75. The van der Waals surface area contributed by atoms with Crippen LogP contribution in [0.4, 0.5) is 30.7 Å². The molecule has 1 N–H and O–H groups in total. The number of carbonyl (C=O) groups excluding carboxylic acids is 1. The van der Waals surface area contributed by atoms with Gasteiger partial charge >= 0.3 is 12.4 Å². The van der Waals surface area contributed by atoms with Crippen molar-refractivity contribution in [2.24, 2.45) is 5.92 Å². The number of amides is 1. The number of alkyl halides is 6. The van der Waals surface area contributed by atoms with Gasteiger partial charge in [-0.2, -0.15) is 31.4 Å². The lowest BCUT2D eigenvalue weighted by molar-refractivity contribution is -0.165. The molecule has 13 heteroatoms. The second-order valence-corrected chi connectivity index (χ2v) is 9.31. The Bertz CT molecular complexity index is 1100. The fraction of sp³-hybridized carbons (Fsp3) is 0.545. The SMILES string of the molecule is O=C(CC1CCNC(C(F)(F)F)C1)N1CCc2c(C(F)(F)F)nn(Cc3ccc(Cl)cc3F)c2C1. The number of fused-ring (bicyclic) bond motifs is 1. The van der Waals surface area contributed by atoms with E-state index >= 15 is 0 Å². The molecule has 2 aromatic rings. The first kappa shape index (κ1) is 25.7. The molecule has 2 aliphatic heterocycles. The topological polar surface area (TPSA) is 50.2 Å². The van der Waals surface area contributed by atoms with Crippen molar-refractivity contribution in [3.8, 4) is 0 Å². The predicted octanol–water partition coefficient (Wildman–Crippen LogP) is 4.95. The smallest absolute Gasteiger partial charge is 0.336 e. The van der Waals surface area contributed by atoms with Crippen LogP contribution in [0, 0.1) is 11.7 Å². The number of nitrogens with zero attached hydrogens (tertiary/aromatic N) is 3. The molecule has 1 saturated heterocycles. The van der Waals surface area contributed by atoms with E-state index in [1.165, 1.54) is 17.0 Å². The van der Waals surface area contributed by atoms with Crippen LogP contribution in [0.15, 0.2) is 18.2 Å². The number of piperidine rings is 1. The lowest BCUT2D eigenvalue weighted by Crippen LogP contribution is -2.48. The molecule has 4 rings (SSSR count). The Morgan fingerprint density at radius 3 is 2.60 bits per heavy atom. The molecule has 2 atom stereocenters. The minimum Gasteiger partial charge on any atom is -0.336 e. The summed E-state index contributed by atoms with van der Waals surface area (Å²) in [5.41, 5.74) is -0.940. The van der Waals surface area contributed by atoms with Gasteiger partial charge in [0.25, 0.3) is 0 Å². The maximum Gasteiger partial charge on any atom is 0.435 e. The Balaban J connectivity index is 1.54. The van der Waals surface area contributed by atoms with Crippen molar-refractivity contribution in [1.29, 1.82) is 0 Å². The van der Waals surface area contributed by atoms with Crippen LogP contribution in [0.1, 0.15) is 41.8 Å². The first-order valence-corrected chi connectivity index (χ1v) is 11.4. The van der Waals surface area contributed by atoms with Crippen molar-refractivity contribution in [3.63, 3.8) is 0 Å². The number of benzene rings is 1. The van der Waals surface area contributed by atoms with Gasteiger partial charge in [-0.25, -0.2) is 4.39 Å². The van der Waals surface area contributed by atoms with Crippen LogP contribution in [0.25, 0.3) is 0 Å². The molecule has 1 fully saturated rings. The first-order valence-electron chi connectivity index (χ1n) is 11.0. The zero-order valence-corrected chi connectivity index (χ0v) is 19.1. The maximum absolute atomic E-state index is 14.3. The van der Waals surface area contributed by atoms with Crippen molar-refractivity contribution >= 4 is 17.5 Å². The number of aromatic nitrogens is 2. The summed E-state index contributed by atoms with van der Waals surface area (Å²) < 4.78 is 95.3. The highest BCUT2D eigenvalue weighted by molar-refractivity contribution is 6.30. The van der Waals surface area contributed by atoms with Gasteiger partial charge in [0.15, 0.2) is 5.69 Å². The van der Waals surface area contributed by atoms with Crippen LogP contribution in [-0.4, -0.2) is 45.9 Å². The highest BCUT2D eigenvalue weighted by atomic mass is 35.5. The lowest BCUT2D eigenvalue weighted by Gasteiger charge is -2.33. The van der Waals surface area contributed by atoms with E-state index in [9.17, 15) is 35.5 Å². The van der Waals surface area contributed by atoms with Crippen LogP contribution in [-0.2, 0) is 30.5 Å². The molecule has 0 spiro atoms. The normalized spacial score (nSPS) is 21.2. The summed E-state index contributed by atoms with van der Waals surface area (Å²) in [7, 11) is 0. The monoisotopic (exact) mass is 526 g/mol. The number of hydrogen-bond acceptors (Lipinski definition) is 3. The zero-order chi connectivity index (χ0) is 25.5. The van der Waals surface area contributed by atoms with E-state index in [4.69, 9.17) is 11.6 Å².